The number of sulfonamides is 1. The predicted molar refractivity (Wildman–Crippen MR) is 67.4 cm³/mol. The molecule has 0 saturated heterocycles. The third-order valence-corrected chi connectivity index (χ3v) is 4.44. The van der Waals surface area contributed by atoms with Crippen LogP contribution in [0.4, 0.5) is 11.5 Å². The van der Waals surface area contributed by atoms with Crippen LogP contribution in [0.1, 0.15) is 0 Å². The molecule has 0 amide bonds. The number of anilines is 2. The first-order valence-electron chi connectivity index (χ1n) is 5.10. The summed E-state index contributed by atoms with van der Waals surface area (Å²) in [5.41, 5.74) is 6.05. The molecule has 0 atom stereocenters. The van der Waals surface area contributed by atoms with Gasteiger partial charge in [-0.25, -0.2) is 4.98 Å². The lowest BCUT2D eigenvalue weighted by atomic mass is 10.4. The minimum Gasteiger partial charge on any atom is -0.381 e. The fraction of sp³-hybridized carbons (Fsp3) is 0.200. The number of hydrogen-bond donors (Lipinski definition) is 1. The molecular formula is C10H13N5O2S. The van der Waals surface area contributed by atoms with Gasteiger partial charge in [-0.2, -0.15) is 8.42 Å². The van der Waals surface area contributed by atoms with Crippen molar-refractivity contribution in [2.75, 3.05) is 17.1 Å². The van der Waals surface area contributed by atoms with Gasteiger partial charge >= 0.3 is 0 Å². The fourth-order valence-corrected chi connectivity index (χ4v) is 2.93. The van der Waals surface area contributed by atoms with Crippen LogP contribution in [0.3, 0.4) is 0 Å². The van der Waals surface area contributed by atoms with Crippen molar-refractivity contribution in [3.8, 4) is 0 Å². The molecule has 2 N–H and O–H groups in total. The lowest BCUT2D eigenvalue weighted by Crippen LogP contribution is -2.28. The van der Waals surface area contributed by atoms with E-state index >= 15 is 0 Å². The van der Waals surface area contributed by atoms with Crippen molar-refractivity contribution >= 4 is 21.5 Å². The van der Waals surface area contributed by atoms with Gasteiger partial charge in [0.1, 0.15) is 0 Å². The number of nitrogens with zero attached hydrogens (tertiary/aromatic N) is 4. The Morgan fingerprint density at radius 2 is 2.17 bits per heavy atom. The topological polar surface area (TPSA) is 94.1 Å². The molecule has 0 aliphatic heterocycles. The maximum atomic E-state index is 12.4. The van der Waals surface area contributed by atoms with E-state index in [2.05, 4.69) is 9.97 Å². The molecule has 8 heteroatoms. The van der Waals surface area contributed by atoms with Gasteiger partial charge in [-0.05, 0) is 12.1 Å². The van der Waals surface area contributed by atoms with E-state index in [9.17, 15) is 8.42 Å². The second-order valence-corrected chi connectivity index (χ2v) is 5.61. The van der Waals surface area contributed by atoms with E-state index in [4.69, 9.17) is 5.73 Å². The number of nitrogens with two attached hydrogens (primary N) is 1. The maximum absolute atomic E-state index is 12.4. The van der Waals surface area contributed by atoms with E-state index in [0.29, 0.717) is 5.69 Å². The largest absolute Gasteiger partial charge is 0.381 e. The minimum atomic E-state index is -3.74. The van der Waals surface area contributed by atoms with Crippen LogP contribution in [0.15, 0.2) is 35.9 Å². The maximum Gasteiger partial charge on any atom is 0.283 e. The van der Waals surface area contributed by atoms with Crippen LogP contribution in [0.5, 0.6) is 0 Å². The second-order valence-electron chi connectivity index (χ2n) is 3.73. The van der Waals surface area contributed by atoms with Gasteiger partial charge in [0.05, 0.1) is 18.2 Å². The predicted octanol–water partition coefficient (Wildman–Crippen LogP) is 0.222. The number of imidazole rings is 1. The highest BCUT2D eigenvalue weighted by Gasteiger charge is 2.27. The zero-order valence-corrected chi connectivity index (χ0v) is 10.8. The molecule has 18 heavy (non-hydrogen) atoms. The summed E-state index contributed by atoms with van der Waals surface area (Å²) in [5, 5.41) is -0.0335. The lowest BCUT2D eigenvalue weighted by molar-refractivity contribution is 0.585. The molecule has 0 fully saturated rings. The van der Waals surface area contributed by atoms with Gasteiger partial charge in [0.2, 0.25) is 0 Å². The first-order chi connectivity index (χ1) is 8.44. The van der Waals surface area contributed by atoms with Gasteiger partial charge in [-0.15, -0.1) is 0 Å². The standard InChI is InChI=1S/C10H13N5O2S/c1-14-7-13-9(11)10(14)18(16,17)15(2)8-4-3-5-12-6-8/h3-7H,11H2,1-2H3. The van der Waals surface area contributed by atoms with Crippen molar-refractivity contribution in [1.82, 2.24) is 14.5 Å². The fourth-order valence-electron chi connectivity index (χ4n) is 1.56. The van der Waals surface area contributed by atoms with Gasteiger partial charge in [0.15, 0.2) is 10.8 Å². The lowest BCUT2D eigenvalue weighted by Gasteiger charge is -2.19. The van der Waals surface area contributed by atoms with Crippen LogP contribution in [0.2, 0.25) is 0 Å². The Labute approximate surface area is 105 Å². The van der Waals surface area contributed by atoms with Crippen LogP contribution >= 0.6 is 0 Å². The number of rotatable bonds is 3. The summed E-state index contributed by atoms with van der Waals surface area (Å²) in [4.78, 5) is 7.66. The molecule has 0 aromatic carbocycles. The normalized spacial score (nSPS) is 11.4. The van der Waals surface area contributed by atoms with Crippen molar-refractivity contribution < 1.29 is 8.42 Å². The zero-order valence-electron chi connectivity index (χ0n) is 9.98. The van der Waals surface area contributed by atoms with Crippen molar-refractivity contribution in [3.63, 3.8) is 0 Å². The highest BCUT2D eigenvalue weighted by atomic mass is 32.2. The van der Waals surface area contributed by atoms with E-state index in [1.165, 1.54) is 24.1 Å². The molecule has 0 saturated carbocycles. The van der Waals surface area contributed by atoms with Gasteiger partial charge in [0, 0.05) is 20.3 Å². The minimum absolute atomic E-state index is 0.0201. The van der Waals surface area contributed by atoms with Crippen LogP contribution in [-0.2, 0) is 17.1 Å². The number of hydrogen-bond acceptors (Lipinski definition) is 5. The van der Waals surface area contributed by atoms with E-state index in [0.717, 1.165) is 4.31 Å². The van der Waals surface area contributed by atoms with Crippen molar-refractivity contribution in [1.29, 1.82) is 0 Å². The van der Waals surface area contributed by atoms with Crippen molar-refractivity contribution in [2.24, 2.45) is 7.05 Å². The van der Waals surface area contributed by atoms with Crippen LogP contribution in [0.25, 0.3) is 0 Å². The molecule has 2 aromatic heterocycles. The highest BCUT2D eigenvalue weighted by Crippen LogP contribution is 2.23. The quantitative estimate of drug-likeness (QED) is 0.858. The Morgan fingerprint density at radius 3 is 2.67 bits per heavy atom. The van der Waals surface area contributed by atoms with Crippen LogP contribution in [0, 0.1) is 0 Å². The number of pyridine rings is 1. The third-order valence-electron chi connectivity index (χ3n) is 2.52. The van der Waals surface area contributed by atoms with E-state index < -0.39 is 10.0 Å². The van der Waals surface area contributed by atoms with Gasteiger partial charge in [-0.1, -0.05) is 0 Å². The molecule has 0 aliphatic rings. The summed E-state index contributed by atoms with van der Waals surface area (Å²) in [7, 11) is -0.721. The van der Waals surface area contributed by atoms with Crippen LogP contribution in [-0.4, -0.2) is 30.0 Å². The molecular weight excluding hydrogens is 254 g/mol. The first kappa shape index (κ1) is 12.4. The van der Waals surface area contributed by atoms with E-state index in [1.807, 2.05) is 0 Å². The van der Waals surface area contributed by atoms with Crippen LogP contribution < -0.4 is 10.0 Å². The highest BCUT2D eigenvalue weighted by molar-refractivity contribution is 7.92. The molecule has 0 bridgehead atoms. The molecule has 0 aliphatic carbocycles. The zero-order chi connectivity index (χ0) is 13.3. The van der Waals surface area contributed by atoms with Gasteiger partial charge in [0.25, 0.3) is 10.0 Å². The summed E-state index contributed by atoms with van der Waals surface area (Å²) in [6.07, 6.45) is 4.39. The molecule has 7 nitrogen and oxygen atoms in total. The van der Waals surface area contributed by atoms with E-state index in [-0.39, 0.29) is 10.8 Å². The Balaban J connectivity index is 2.51. The third kappa shape index (κ3) is 1.90. The average Bonchev–Trinajstić information content (AvgIpc) is 2.69. The molecule has 0 unspecified atom stereocenters. The van der Waals surface area contributed by atoms with Crippen molar-refractivity contribution in [3.05, 3.63) is 30.9 Å². The summed E-state index contributed by atoms with van der Waals surface area (Å²) in [5.74, 6) is -0.0201. The summed E-state index contributed by atoms with van der Waals surface area (Å²) in [6.45, 7) is 0. The number of aryl methyl sites for hydroxylation is 1. The SMILES string of the molecule is CN(c1cccnc1)S(=O)(=O)c1c(N)ncn1C. The van der Waals surface area contributed by atoms with E-state index in [1.54, 1.807) is 25.4 Å². The Hall–Kier alpha value is -2.09. The van der Waals surface area contributed by atoms with Crippen molar-refractivity contribution in [2.45, 2.75) is 5.03 Å². The Bertz CT molecular complexity index is 631. The molecule has 96 valence electrons. The molecule has 2 rings (SSSR count). The number of aromatic nitrogens is 3. The second kappa shape index (κ2) is 4.30. The molecule has 2 aromatic rings. The average molecular weight is 267 g/mol. The smallest absolute Gasteiger partial charge is 0.283 e. The number of nitrogen functional groups attached to an aromatic ring is 1. The summed E-state index contributed by atoms with van der Waals surface area (Å²) < 4.78 is 27.3. The monoisotopic (exact) mass is 267 g/mol. The molecule has 0 spiro atoms. The molecule has 0 radical (unpaired) electrons. The van der Waals surface area contributed by atoms with Gasteiger partial charge in [-0.3, -0.25) is 9.29 Å². The summed E-state index contributed by atoms with van der Waals surface area (Å²) in [6, 6.07) is 3.31. The first-order valence-corrected chi connectivity index (χ1v) is 6.54. The Morgan fingerprint density at radius 1 is 1.44 bits per heavy atom. The van der Waals surface area contributed by atoms with Gasteiger partial charge < -0.3 is 10.3 Å². The molecule has 2 heterocycles. The summed E-state index contributed by atoms with van der Waals surface area (Å²) >= 11 is 0. The Kier molecular flexibility index (Phi) is 2.95.